The minimum absolute atomic E-state index is 0.0578. The number of carbonyl (C=O) groups is 1. The standard InChI is InChI=1S/C14H16ClNO.C5H8O3/c15-12-4-1-3-11(9-12)6-8-14(17)7-2-5-13(16)10-14;6-5(7)4-1-2-8-3-4/h1,3-4,9,13,17H,2,5,7,10,16H2;4H,1-3H2,(H,6,7)/t13-,14+;4-/m11/s1. The van der Waals surface area contributed by atoms with Gasteiger partial charge in [0.05, 0.1) is 12.5 Å². The first-order chi connectivity index (χ1) is 11.9. The van der Waals surface area contributed by atoms with Crippen molar-refractivity contribution in [2.45, 2.75) is 43.7 Å². The third-order valence-electron chi connectivity index (χ3n) is 4.31. The van der Waals surface area contributed by atoms with Crippen molar-refractivity contribution in [2.24, 2.45) is 11.7 Å². The molecule has 0 radical (unpaired) electrons. The summed E-state index contributed by atoms with van der Waals surface area (Å²) in [5.41, 5.74) is 5.75. The Labute approximate surface area is 153 Å². The van der Waals surface area contributed by atoms with Crippen LogP contribution in [-0.2, 0) is 9.53 Å². The third kappa shape index (κ3) is 6.68. The molecule has 1 aliphatic carbocycles. The summed E-state index contributed by atoms with van der Waals surface area (Å²) in [5, 5.41) is 19.3. The van der Waals surface area contributed by atoms with Gasteiger partial charge in [-0.3, -0.25) is 4.79 Å². The lowest BCUT2D eigenvalue weighted by molar-refractivity contribution is -0.141. The number of halogens is 1. The van der Waals surface area contributed by atoms with E-state index in [0.29, 0.717) is 37.5 Å². The number of hydrogen-bond donors (Lipinski definition) is 3. The summed E-state index contributed by atoms with van der Waals surface area (Å²) in [4.78, 5) is 10.1. The molecule has 5 nitrogen and oxygen atoms in total. The number of aliphatic carboxylic acids is 1. The van der Waals surface area contributed by atoms with Gasteiger partial charge in [0.2, 0.25) is 0 Å². The average molecular weight is 366 g/mol. The Morgan fingerprint density at radius 2 is 2.20 bits per heavy atom. The van der Waals surface area contributed by atoms with E-state index >= 15 is 0 Å². The topological polar surface area (TPSA) is 92.8 Å². The highest BCUT2D eigenvalue weighted by molar-refractivity contribution is 6.30. The molecule has 0 spiro atoms. The SMILES string of the molecule is N[C@@H]1CCC[C@](O)(C#Cc2cccc(Cl)c2)C1.O=C(O)[C@@H]1CCOC1. The Bertz CT molecular complexity index is 648. The van der Waals surface area contributed by atoms with Crippen molar-refractivity contribution in [3.8, 4) is 11.8 Å². The third-order valence-corrected chi connectivity index (χ3v) is 4.54. The smallest absolute Gasteiger partial charge is 0.308 e. The van der Waals surface area contributed by atoms with Crippen molar-refractivity contribution in [3.05, 3.63) is 34.9 Å². The fourth-order valence-corrected chi connectivity index (χ4v) is 3.08. The largest absolute Gasteiger partial charge is 0.481 e. The van der Waals surface area contributed by atoms with Crippen LogP contribution in [0.25, 0.3) is 0 Å². The molecule has 1 aromatic carbocycles. The number of hydrogen-bond acceptors (Lipinski definition) is 4. The summed E-state index contributed by atoms with van der Waals surface area (Å²) in [7, 11) is 0. The van der Waals surface area contributed by atoms with E-state index in [4.69, 9.17) is 27.2 Å². The predicted molar refractivity (Wildman–Crippen MR) is 96.3 cm³/mol. The minimum Gasteiger partial charge on any atom is -0.481 e. The fraction of sp³-hybridized carbons (Fsp3) is 0.526. The Morgan fingerprint density at radius 3 is 2.76 bits per heavy atom. The van der Waals surface area contributed by atoms with Gasteiger partial charge in [-0.2, -0.15) is 0 Å². The van der Waals surface area contributed by atoms with Gasteiger partial charge >= 0.3 is 5.97 Å². The van der Waals surface area contributed by atoms with Crippen LogP contribution in [0, 0.1) is 17.8 Å². The Morgan fingerprint density at radius 1 is 1.40 bits per heavy atom. The zero-order valence-corrected chi connectivity index (χ0v) is 14.8. The summed E-state index contributed by atoms with van der Waals surface area (Å²) in [6.45, 7) is 1.01. The summed E-state index contributed by atoms with van der Waals surface area (Å²) in [5.74, 6) is 4.94. The van der Waals surface area contributed by atoms with Gasteiger partial charge < -0.3 is 20.7 Å². The van der Waals surface area contributed by atoms with Gasteiger partial charge in [0.15, 0.2) is 0 Å². The maximum Gasteiger partial charge on any atom is 0.308 e. The van der Waals surface area contributed by atoms with E-state index in [1.54, 1.807) is 12.1 Å². The average Bonchev–Trinajstić information content (AvgIpc) is 3.08. The van der Waals surface area contributed by atoms with Crippen molar-refractivity contribution < 1.29 is 19.7 Å². The van der Waals surface area contributed by atoms with E-state index in [1.165, 1.54) is 0 Å². The molecular weight excluding hydrogens is 342 g/mol. The molecule has 1 saturated heterocycles. The van der Waals surface area contributed by atoms with E-state index in [-0.39, 0.29) is 12.0 Å². The molecule has 1 aliphatic heterocycles. The molecule has 6 heteroatoms. The highest BCUT2D eigenvalue weighted by atomic mass is 35.5. The quantitative estimate of drug-likeness (QED) is 0.665. The molecule has 1 saturated carbocycles. The first-order valence-electron chi connectivity index (χ1n) is 8.45. The zero-order valence-electron chi connectivity index (χ0n) is 14.1. The molecule has 0 bridgehead atoms. The highest BCUT2D eigenvalue weighted by Gasteiger charge is 2.30. The minimum atomic E-state index is -0.931. The molecule has 0 aromatic heterocycles. The molecule has 0 amide bonds. The Hall–Kier alpha value is -1.58. The molecule has 1 aromatic rings. The molecule has 2 aliphatic rings. The number of aliphatic hydroxyl groups is 1. The second-order valence-electron chi connectivity index (χ2n) is 6.55. The summed E-state index contributed by atoms with van der Waals surface area (Å²) in [6, 6.07) is 7.38. The van der Waals surface area contributed by atoms with E-state index in [9.17, 15) is 9.90 Å². The van der Waals surface area contributed by atoms with Gasteiger partial charge in [-0.25, -0.2) is 0 Å². The second kappa shape index (κ2) is 9.21. The van der Waals surface area contributed by atoms with E-state index in [2.05, 4.69) is 11.8 Å². The number of rotatable bonds is 1. The van der Waals surface area contributed by atoms with Crippen molar-refractivity contribution in [1.29, 1.82) is 0 Å². The van der Waals surface area contributed by atoms with Crippen LogP contribution in [0.15, 0.2) is 24.3 Å². The monoisotopic (exact) mass is 365 g/mol. The summed E-state index contributed by atoms with van der Waals surface area (Å²) < 4.78 is 4.84. The highest BCUT2D eigenvalue weighted by Crippen LogP contribution is 2.26. The van der Waals surface area contributed by atoms with E-state index < -0.39 is 11.6 Å². The molecule has 25 heavy (non-hydrogen) atoms. The lowest BCUT2D eigenvalue weighted by atomic mass is 9.82. The zero-order chi connectivity index (χ0) is 18.3. The van der Waals surface area contributed by atoms with Crippen molar-refractivity contribution in [2.75, 3.05) is 13.2 Å². The molecule has 2 fully saturated rings. The van der Waals surface area contributed by atoms with Gasteiger partial charge in [-0.1, -0.05) is 29.5 Å². The van der Waals surface area contributed by atoms with Crippen LogP contribution in [0.5, 0.6) is 0 Å². The van der Waals surface area contributed by atoms with Crippen LogP contribution in [0.2, 0.25) is 5.02 Å². The normalized spacial score (nSPS) is 28.3. The number of benzene rings is 1. The van der Waals surface area contributed by atoms with E-state index in [1.807, 2.05) is 12.1 Å². The van der Waals surface area contributed by atoms with Crippen LogP contribution in [0.3, 0.4) is 0 Å². The van der Waals surface area contributed by atoms with Crippen molar-refractivity contribution >= 4 is 17.6 Å². The van der Waals surface area contributed by atoms with E-state index in [0.717, 1.165) is 18.4 Å². The van der Waals surface area contributed by atoms with Gasteiger partial charge in [0, 0.05) is 29.7 Å². The first kappa shape index (κ1) is 19.7. The van der Waals surface area contributed by atoms with Gasteiger partial charge in [0.1, 0.15) is 5.60 Å². The van der Waals surface area contributed by atoms with Gasteiger partial charge in [0.25, 0.3) is 0 Å². The molecule has 3 atom stereocenters. The predicted octanol–water partition coefficient (Wildman–Crippen LogP) is 2.43. The Kier molecular flexibility index (Phi) is 7.27. The molecule has 1 heterocycles. The van der Waals surface area contributed by atoms with Crippen LogP contribution < -0.4 is 5.73 Å². The Balaban J connectivity index is 0.000000236. The molecule has 3 rings (SSSR count). The second-order valence-corrected chi connectivity index (χ2v) is 6.98. The molecular formula is C19H24ClNO4. The molecule has 136 valence electrons. The number of ether oxygens (including phenoxy) is 1. The lowest BCUT2D eigenvalue weighted by Crippen LogP contribution is -2.40. The van der Waals surface area contributed by atoms with Crippen LogP contribution in [0.4, 0.5) is 0 Å². The van der Waals surface area contributed by atoms with Crippen LogP contribution >= 0.6 is 11.6 Å². The summed E-state index contributed by atoms with van der Waals surface area (Å²) in [6.07, 6.45) is 3.84. The molecule has 4 N–H and O–H groups in total. The molecule has 0 unspecified atom stereocenters. The fourth-order valence-electron chi connectivity index (χ4n) is 2.89. The summed E-state index contributed by atoms with van der Waals surface area (Å²) >= 11 is 5.87. The number of carboxylic acid groups (broad SMARTS) is 1. The van der Waals surface area contributed by atoms with Crippen molar-refractivity contribution in [1.82, 2.24) is 0 Å². The van der Waals surface area contributed by atoms with Gasteiger partial charge in [-0.05, 0) is 43.9 Å². The van der Waals surface area contributed by atoms with Crippen LogP contribution in [-0.4, -0.2) is 41.0 Å². The maximum atomic E-state index is 10.3. The van der Waals surface area contributed by atoms with Crippen LogP contribution in [0.1, 0.15) is 37.7 Å². The lowest BCUT2D eigenvalue weighted by Gasteiger charge is -2.30. The number of carboxylic acids is 1. The van der Waals surface area contributed by atoms with Crippen molar-refractivity contribution in [3.63, 3.8) is 0 Å². The maximum absolute atomic E-state index is 10.3. The number of nitrogens with two attached hydrogens (primary N) is 1. The first-order valence-corrected chi connectivity index (χ1v) is 8.83. The van der Waals surface area contributed by atoms with Gasteiger partial charge in [-0.15, -0.1) is 0 Å².